The topological polar surface area (TPSA) is 61.0 Å². The number of pyridine rings is 2. The molecule has 2 aromatic heterocycles. The number of rotatable bonds is 4. The summed E-state index contributed by atoms with van der Waals surface area (Å²) < 4.78 is 6.07. The fraction of sp³-hybridized carbons (Fsp3) is 0.176. The molecular formula is C17H17N3O. The zero-order chi connectivity index (χ0) is 14.7. The maximum atomic E-state index is 6.07. The average Bonchev–Trinajstić information content (AvgIpc) is 2.53. The van der Waals surface area contributed by atoms with Crippen LogP contribution in [0.5, 0.6) is 5.75 Å². The van der Waals surface area contributed by atoms with Crippen molar-refractivity contribution in [3.63, 3.8) is 0 Å². The van der Waals surface area contributed by atoms with E-state index in [4.69, 9.17) is 10.5 Å². The molecule has 0 saturated carbocycles. The average molecular weight is 279 g/mol. The van der Waals surface area contributed by atoms with Crippen molar-refractivity contribution < 1.29 is 4.74 Å². The van der Waals surface area contributed by atoms with Crippen molar-refractivity contribution in [2.75, 3.05) is 0 Å². The van der Waals surface area contributed by atoms with Gasteiger partial charge in [0.2, 0.25) is 0 Å². The molecule has 0 fully saturated rings. The Kier molecular flexibility index (Phi) is 3.79. The molecule has 2 unspecified atom stereocenters. The number of hydrogen-bond acceptors (Lipinski definition) is 4. The highest BCUT2D eigenvalue weighted by Crippen LogP contribution is 2.26. The zero-order valence-corrected chi connectivity index (χ0v) is 11.8. The summed E-state index contributed by atoms with van der Waals surface area (Å²) in [5, 5.41) is 1.09. The molecule has 0 spiro atoms. The monoisotopic (exact) mass is 279 g/mol. The van der Waals surface area contributed by atoms with Gasteiger partial charge in [0.05, 0.1) is 5.52 Å². The molecule has 2 N–H and O–H groups in total. The van der Waals surface area contributed by atoms with Gasteiger partial charge in [-0.3, -0.25) is 9.97 Å². The summed E-state index contributed by atoms with van der Waals surface area (Å²) in [5.74, 6) is 0.757. The molecule has 4 heteroatoms. The number of benzene rings is 1. The minimum atomic E-state index is -0.236. The summed E-state index contributed by atoms with van der Waals surface area (Å²) in [6, 6.07) is 13.5. The molecule has 1 aromatic carbocycles. The maximum absolute atomic E-state index is 6.07. The van der Waals surface area contributed by atoms with Gasteiger partial charge in [0.25, 0.3) is 0 Å². The van der Waals surface area contributed by atoms with Crippen LogP contribution in [-0.4, -0.2) is 16.0 Å². The number of nitrogens with two attached hydrogens (primary N) is 1. The van der Waals surface area contributed by atoms with Crippen LogP contribution in [0.3, 0.4) is 0 Å². The Morgan fingerprint density at radius 1 is 1.10 bits per heavy atom. The smallest absolute Gasteiger partial charge is 0.140 e. The predicted octanol–water partition coefficient (Wildman–Crippen LogP) is 3.10. The number of ether oxygens (including phenoxy) is 1. The van der Waals surface area contributed by atoms with Gasteiger partial charge in [-0.15, -0.1) is 0 Å². The van der Waals surface area contributed by atoms with Crippen molar-refractivity contribution in [3.8, 4) is 5.75 Å². The summed E-state index contributed by atoms with van der Waals surface area (Å²) in [6.45, 7) is 1.93. The highest BCUT2D eigenvalue weighted by atomic mass is 16.5. The molecule has 106 valence electrons. The first kappa shape index (κ1) is 13.5. The van der Waals surface area contributed by atoms with E-state index in [0.29, 0.717) is 0 Å². The SMILES string of the molecule is CC(N)C(Oc1ccc2cccnc2c1)c1cccnc1. The first-order valence-electron chi connectivity index (χ1n) is 6.91. The van der Waals surface area contributed by atoms with Crippen LogP contribution in [0.1, 0.15) is 18.6 Å². The minimum absolute atomic E-state index is 0.145. The highest BCUT2D eigenvalue weighted by molar-refractivity contribution is 5.79. The molecule has 0 bridgehead atoms. The van der Waals surface area contributed by atoms with E-state index in [1.165, 1.54) is 0 Å². The lowest BCUT2D eigenvalue weighted by Gasteiger charge is -2.22. The fourth-order valence-electron chi connectivity index (χ4n) is 2.29. The number of fused-ring (bicyclic) bond motifs is 1. The summed E-state index contributed by atoms with van der Waals surface area (Å²) in [5.41, 5.74) is 7.93. The predicted molar refractivity (Wildman–Crippen MR) is 83.0 cm³/mol. The highest BCUT2D eigenvalue weighted by Gasteiger charge is 2.18. The van der Waals surface area contributed by atoms with Crippen molar-refractivity contribution in [2.24, 2.45) is 5.73 Å². The molecule has 2 heterocycles. The molecule has 0 aliphatic rings. The second-order valence-corrected chi connectivity index (χ2v) is 5.04. The first-order valence-corrected chi connectivity index (χ1v) is 6.91. The molecule has 3 rings (SSSR count). The summed E-state index contributed by atoms with van der Waals surface area (Å²) in [6.07, 6.45) is 5.06. The lowest BCUT2D eigenvalue weighted by molar-refractivity contribution is 0.180. The van der Waals surface area contributed by atoms with Crippen LogP contribution >= 0.6 is 0 Å². The Morgan fingerprint density at radius 3 is 2.71 bits per heavy atom. The van der Waals surface area contributed by atoms with Crippen molar-refractivity contribution in [1.29, 1.82) is 0 Å². The van der Waals surface area contributed by atoms with E-state index in [-0.39, 0.29) is 12.1 Å². The second-order valence-electron chi connectivity index (χ2n) is 5.04. The quantitative estimate of drug-likeness (QED) is 0.797. The van der Waals surface area contributed by atoms with Crippen molar-refractivity contribution >= 4 is 10.9 Å². The largest absolute Gasteiger partial charge is 0.484 e. The number of nitrogens with zero attached hydrogens (tertiary/aromatic N) is 2. The summed E-state index contributed by atoms with van der Waals surface area (Å²) in [7, 11) is 0. The second kappa shape index (κ2) is 5.89. The molecule has 0 amide bonds. The van der Waals surface area contributed by atoms with Gasteiger partial charge in [-0.25, -0.2) is 0 Å². The molecule has 2 atom stereocenters. The van der Waals surface area contributed by atoms with Gasteiger partial charge >= 0.3 is 0 Å². The molecule has 0 aliphatic heterocycles. The Hall–Kier alpha value is -2.46. The third kappa shape index (κ3) is 3.01. The van der Waals surface area contributed by atoms with Gasteiger partial charge in [0, 0.05) is 41.6 Å². The van der Waals surface area contributed by atoms with Crippen LogP contribution in [0, 0.1) is 0 Å². The Morgan fingerprint density at radius 2 is 1.95 bits per heavy atom. The third-order valence-electron chi connectivity index (χ3n) is 3.33. The summed E-state index contributed by atoms with van der Waals surface area (Å²) in [4.78, 5) is 8.47. The molecule has 0 aliphatic carbocycles. The van der Waals surface area contributed by atoms with Crippen LogP contribution < -0.4 is 10.5 Å². The molecule has 0 saturated heterocycles. The van der Waals surface area contributed by atoms with Gasteiger partial charge in [0.15, 0.2) is 0 Å². The maximum Gasteiger partial charge on any atom is 0.140 e. The molecule has 0 radical (unpaired) electrons. The van der Waals surface area contributed by atoms with E-state index >= 15 is 0 Å². The van der Waals surface area contributed by atoms with Gasteiger partial charge in [0.1, 0.15) is 11.9 Å². The van der Waals surface area contributed by atoms with E-state index in [9.17, 15) is 0 Å². The lowest BCUT2D eigenvalue weighted by atomic mass is 10.1. The standard InChI is InChI=1S/C17H17N3O/c1-12(18)17(14-5-2-8-19-11-14)21-15-7-6-13-4-3-9-20-16(13)10-15/h2-12,17H,18H2,1H3. The molecular weight excluding hydrogens is 262 g/mol. The van der Waals surface area contributed by atoms with Gasteiger partial charge in [-0.1, -0.05) is 12.1 Å². The van der Waals surface area contributed by atoms with Crippen molar-refractivity contribution in [1.82, 2.24) is 9.97 Å². The van der Waals surface area contributed by atoms with Gasteiger partial charge < -0.3 is 10.5 Å². The van der Waals surface area contributed by atoms with Crippen LogP contribution in [-0.2, 0) is 0 Å². The Labute approximate surface area is 123 Å². The van der Waals surface area contributed by atoms with E-state index in [0.717, 1.165) is 22.2 Å². The molecule has 4 nitrogen and oxygen atoms in total. The molecule has 21 heavy (non-hydrogen) atoms. The van der Waals surface area contributed by atoms with Crippen LogP contribution in [0.15, 0.2) is 61.1 Å². The van der Waals surface area contributed by atoms with Crippen LogP contribution in [0.2, 0.25) is 0 Å². The molecule has 3 aromatic rings. The first-order chi connectivity index (χ1) is 10.2. The Bertz CT molecular complexity index is 728. The number of aromatic nitrogens is 2. The zero-order valence-electron chi connectivity index (χ0n) is 11.8. The van der Waals surface area contributed by atoms with E-state index in [1.54, 1.807) is 18.6 Å². The van der Waals surface area contributed by atoms with Crippen LogP contribution in [0.25, 0.3) is 10.9 Å². The van der Waals surface area contributed by atoms with Crippen LogP contribution in [0.4, 0.5) is 0 Å². The number of hydrogen-bond donors (Lipinski definition) is 1. The Balaban J connectivity index is 1.91. The van der Waals surface area contributed by atoms with E-state index in [2.05, 4.69) is 9.97 Å². The van der Waals surface area contributed by atoms with Crippen molar-refractivity contribution in [2.45, 2.75) is 19.1 Å². The van der Waals surface area contributed by atoms with Gasteiger partial charge in [-0.2, -0.15) is 0 Å². The van der Waals surface area contributed by atoms with Gasteiger partial charge in [-0.05, 0) is 31.2 Å². The third-order valence-corrected chi connectivity index (χ3v) is 3.33. The summed E-state index contributed by atoms with van der Waals surface area (Å²) >= 11 is 0. The minimum Gasteiger partial charge on any atom is -0.484 e. The van der Waals surface area contributed by atoms with E-state index < -0.39 is 0 Å². The lowest BCUT2D eigenvalue weighted by Crippen LogP contribution is -2.29. The van der Waals surface area contributed by atoms with E-state index in [1.807, 2.05) is 49.4 Å². The normalized spacial score (nSPS) is 13.8. The van der Waals surface area contributed by atoms with Crippen molar-refractivity contribution in [3.05, 3.63) is 66.6 Å². The fourth-order valence-corrected chi connectivity index (χ4v) is 2.29.